The lowest BCUT2D eigenvalue weighted by Gasteiger charge is -2.02. The summed E-state index contributed by atoms with van der Waals surface area (Å²) in [4.78, 5) is 0. The van der Waals surface area contributed by atoms with Crippen molar-refractivity contribution >= 4 is 17.3 Å². The largest absolute Gasteiger partial charge is 0.398 e. The van der Waals surface area contributed by atoms with E-state index in [9.17, 15) is 0 Å². The van der Waals surface area contributed by atoms with Gasteiger partial charge in [-0.3, -0.25) is 4.68 Å². The van der Waals surface area contributed by atoms with Crippen molar-refractivity contribution in [2.24, 2.45) is 7.05 Å². The third-order valence-electron chi connectivity index (χ3n) is 2.03. The molecule has 2 rings (SSSR count). The lowest BCUT2D eigenvalue weighted by Crippen LogP contribution is -1.89. The summed E-state index contributed by atoms with van der Waals surface area (Å²) in [7, 11) is 1.87. The maximum Gasteiger partial charge on any atom is 0.0568 e. The van der Waals surface area contributed by atoms with Crippen LogP contribution >= 0.6 is 11.6 Å². The average Bonchev–Trinajstić information content (AvgIpc) is 2.51. The number of hydrogen-bond donors (Lipinski definition) is 1. The molecular weight excluding hydrogens is 198 g/mol. The summed E-state index contributed by atoms with van der Waals surface area (Å²) < 4.78 is 1.74. The Morgan fingerprint density at radius 3 is 2.79 bits per heavy atom. The molecule has 0 unspecified atom stereocenters. The minimum atomic E-state index is 0.648. The van der Waals surface area contributed by atoms with Gasteiger partial charge in [0.25, 0.3) is 0 Å². The molecule has 0 aliphatic rings. The van der Waals surface area contributed by atoms with Crippen LogP contribution in [0.5, 0.6) is 0 Å². The Hall–Kier alpha value is -1.48. The molecule has 0 aliphatic carbocycles. The van der Waals surface area contributed by atoms with Gasteiger partial charge in [0, 0.05) is 35.1 Å². The molecule has 14 heavy (non-hydrogen) atoms. The Bertz CT molecular complexity index is 462. The Morgan fingerprint density at radius 1 is 1.43 bits per heavy atom. The van der Waals surface area contributed by atoms with Gasteiger partial charge >= 0.3 is 0 Å². The summed E-state index contributed by atoms with van der Waals surface area (Å²) in [5, 5.41) is 4.73. The Morgan fingerprint density at radius 2 is 2.21 bits per heavy atom. The number of hydrogen-bond acceptors (Lipinski definition) is 2. The van der Waals surface area contributed by atoms with Crippen molar-refractivity contribution in [2.75, 3.05) is 5.73 Å². The molecule has 0 spiro atoms. The Labute approximate surface area is 87.1 Å². The van der Waals surface area contributed by atoms with Crippen LogP contribution in [0.4, 0.5) is 5.69 Å². The number of nitrogens with two attached hydrogens (primary N) is 1. The molecule has 0 atom stereocenters. The maximum absolute atomic E-state index is 5.84. The van der Waals surface area contributed by atoms with Crippen LogP contribution in [0.2, 0.25) is 5.02 Å². The molecule has 2 N–H and O–H groups in total. The molecule has 0 aliphatic heterocycles. The molecule has 4 heteroatoms. The van der Waals surface area contributed by atoms with Crippen LogP contribution < -0.4 is 5.73 Å². The quantitative estimate of drug-likeness (QED) is 0.730. The fourth-order valence-corrected chi connectivity index (χ4v) is 1.54. The number of aromatic nitrogens is 2. The van der Waals surface area contributed by atoms with Gasteiger partial charge in [0.2, 0.25) is 0 Å². The second kappa shape index (κ2) is 3.35. The normalized spacial score (nSPS) is 10.4. The number of benzene rings is 1. The molecule has 0 fully saturated rings. The lowest BCUT2D eigenvalue weighted by molar-refractivity contribution is 0.768. The second-order valence-electron chi connectivity index (χ2n) is 3.13. The van der Waals surface area contributed by atoms with Crippen molar-refractivity contribution in [1.82, 2.24) is 9.78 Å². The fourth-order valence-electron chi connectivity index (χ4n) is 1.36. The minimum absolute atomic E-state index is 0.648. The maximum atomic E-state index is 5.84. The summed E-state index contributed by atoms with van der Waals surface area (Å²) in [5.74, 6) is 0. The summed E-state index contributed by atoms with van der Waals surface area (Å²) in [5.41, 5.74) is 8.48. The molecule has 2 aromatic rings. The fraction of sp³-hybridized carbons (Fsp3) is 0.100. The SMILES string of the molecule is Cn1cc(-c2ccc(Cl)cc2N)cn1. The van der Waals surface area contributed by atoms with Crippen LogP contribution in [-0.2, 0) is 7.05 Å². The van der Waals surface area contributed by atoms with Crippen molar-refractivity contribution in [2.45, 2.75) is 0 Å². The van der Waals surface area contributed by atoms with E-state index in [0.717, 1.165) is 11.1 Å². The van der Waals surface area contributed by atoms with Gasteiger partial charge in [0.15, 0.2) is 0 Å². The molecule has 1 aromatic heterocycles. The van der Waals surface area contributed by atoms with E-state index in [-0.39, 0.29) is 0 Å². The molecule has 0 saturated carbocycles. The summed E-state index contributed by atoms with van der Waals surface area (Å²) in [6.07, 6.45) is 3.69. The molecule has 3 nitrogen and oxygen atoms in total. The van der Waals surface area contributed by atoms with Crippen molar-refractivity contribution in [3.8, 4) is 11.1 Å². The molecule has 72 valence electrons. The highest BCUT2D eigenvalue weighted by Gasteiger charge is 2.04. The predicted octanol–water partition coefficient (Wildman–Crippen LogP) is 2.32. The second-order valence-corrected chi connectivity index (χ2v) is 3.57. The van der Waals surface area contributed by atoms with Gasteiger partial charge in [-0.1, -0.05) is 17.7 Å². The first-order valence-electron chi connectivity index (χ1n) is 4.21. The number of halogens is 1. The number of anilines is 1. The molecule has 0 bridgehead atoms. The highest BCUT2D eigenvalue weighted by molar-refractivity contribution is 6.31. The van der Waals surface area contributed by atoms with E-state index in [1.165, 1.54) is 0 Å². The van der Waals surface area contributed by atoms with Crippen LogP contribution in [0.15, 0.2) is 30.6 Å². The smallest absolute Gasteiger partial charge is 0.0568 e. The van der Waals surface area contributed by atoms with Gasteiger partial charge in [-0.2, -0.15) is 5.10 Å². The first kappa shape index (κ1) is 9.09. The highest BCUT2D eigenvalue weighted by Crippen LogP contribution is 2.27. The van der Waals surface area contributed by atoms with E-state index in [1.54, 1.807) is 16.9 Å². The van der Waals surface area contributed by atoms with Gasteiger partial charge in [0.05, 0.1) is 6.20 Å². The topological polar surface area (TPSA) is 43.8 Å². The zero-order chi connectivity index (χ0) is 10.1. The monoisotopic (exact) mass is 207 g/mol. The van der Waals surface area contributed by atoms with Crippen LogP contribution in [0.1, 0.15) is 0 Å². The number of nitrogen functional groups attached to an aromatic ring is 1. The van der Waals surface area contributed by atoms with Crippen LogP contribution in [-0.4, -0.2) is 9.78 Å². The molecule has 1 aromatic carbocycles. The first-order valence-corrected chi connectivity index (χ1v) is 4.58. The summed E-state index contributed by atoms with van der Waals surface area (Å²) in [6, 6.07) is 5.46. The molecule has 1 heterocycles. The van der Waals surface area contributed by atoms with Gasteiger partial charge in [-0.05, 0) is 12.1 Å². The number of aryl methyl sites for hydroxylation is 1. The average molecular weight is 208 g/mol. The molecule has 0 radical (unpaired) electrons. The van der Waals surface area contributed by atoms with Gasteiger partial charge in [-0.15, -0.1) is 0 Å². The van der Waals surface area contributed by atoms with Crippen LogP contribution in [0.3, 0.4) is 0 Å². The van der Waals surface area contributed by atoms with Crippen LogP contribution in [0, 0.1) is 0 Å². The van der Waals surface area contributed by atoms with Crippen molar-refractivity contribution in [3.05, 3.63) is 35.6 Å². The van der Waals surface area contributed by atoms with Crippen LogP contribution in [0.25, 0.3) is 11.1 Å². The van der Waals surface area contributed by atoms with E-state index in [4.69, 9.17) is 17.3 Å². The van der Waals surface area contributed by atoms with E-state index < -0.39 is 0 Å². The Balaban J connectivity index is 2.52. The molecule has 0 amide bonds. The summed E-state index contributed by atoms with van der Waals surface area (Å²) in [6.45, 7) is 0. The zero-order valence-electron chi connectivity index (χ0n) is 7.74. The van der Waals surface area contributed by atoms with Gasteiger partial charge < -0.3 is 5.73 Å². The third-order valence-corrected chi connectivity index (χ3v) is 2.26. The number of rotatable bonds is 1. The molecule has 0 saturated heterocycles. The third kappa shape index (κ3) is 1.59. The van der Waals surface area contributed by atoms with E-state index in [1.807, 2.05) is 25.4 Å². The van der Waals surface area contributed by atoms with Crippen molar-refractivity contribution < 1.29 is 0 Å². The minimum Gasteiger partial charge on any atom is -0.398 e. The lowest BCUT2D eigenvalue weighted by atomic mass is 10.1. The van der Waals surface area contributed by atoms with E-state index in [2.05, 4.69) is 5.10 Å². The molecular formula is C10H10ClN3. The van der Waals surface area contributed by atoms with Gasteiger partial charge in [0.1, 0.15) is 0 Å². The van der Waals surface area contributed by atoms with Gasteiger partial charge in [-0.25, -0.2) is 0 Å². The van der Waals surface area contributed by atoms with E-state index in [0.29, 0.717) is 10.7 Å². The first-order chi connectivity index (χ1) is 6.66. The standard InChI is InChI=1S/C10H10ClN3/c1-14-6-7(5-13-14)9-3-2-8(11)4-10(9)12/h2-6H,12H2,1H3. The summed E-state index contributed by atoms with van der Waals surface area (Å²) >= 11 is 5.81. The Kier molecular flexibility index (Phi) is 2.17. The number of nitrogens with zero attached hydrogens (tertiary/aromatic N) is 2. The van der Waals surface area contributed by atoms with E-state index >= 15 is 0 Å². The zero-order valence-corrected chi connectivity index (χ0v) is 8.49. The predicted molar refractivity (Wildman–Crippen MR) is 58.1 cm³/mol. The van der Waals surface area contributed by atoms with Crippen molar-refractivity contribution in [3.63, 3.8) is 0 Å². The van der Waals surface area contributed by atoms with Crippen molar-refractivity contribution in [1.29, 1.82) is 0 Å². The highest BCUT2D eigenvalue weighted by atomic mass is 35.5.